The topological polar surface area (TPSA) is 57.6 Å². The fraction of sp³-hybridized carbons (Fsp3) is 0.429. The van der Waals surface area contributed by atoms with Crippen LogP contribution >= 0.6 is 23.4 Å². The van der Waals surface area contributed by atoms with Gasteiger partial charge in [-0.15, -0.1) is 11.8 Å². The highest BCUT2D eigenvalue weighted by Crippen LogP contribution is 2.21. The fourth-order valence-corrected chi connectivity index (χ4v) is 3.36. The molecule has 1 fully saturated rings. The van der Waals surface area contributed by atoms with E-state index in [2.05, 4.69) is 0 Å². The summed E-state index contributed by atoms with van der Waals surface area (Å²) in [5.41, 5.74) is 1.06. The molecule has 0 saturated carbocycles. The van der Waals surface area contributed by atoms with Crippen molar-refractivity contribution in [1.29, 1.82) is 0 Å². The first kappa shape index (κ1) is 15.2. The van der Waals surface area contributed by atoms with E-state index < -0.39 is 12.0 Å². The van der Waals surface area contributed by atoms with E-state index >= 15 is 0 Å². The highest BCUT2D eigenvalue weighted by Gasteiger charge is 2.33. The normalized spacial score (nSPS) is 18.2. The molecule has 108 valence electrons. The number of thioether (sulfide) groups is 1. The fourth-order valence-electron chi connectivity index (χ4n) is 2.29. The van der Waals surface area contributed by atoms with Crippen LogP contribution in [-0.4, -0.2) is 40.2 Å². The van der Waals surface area contributed by atoms with Crippen LogP contribution in [0.25, 0.3) is 0 Å². The van der Waals surface area contributed by atoms with Crippen LogP contribution in [0.15, 0.2) is 24.3 Å². The number of aliphatic carboxylic acids is 1. The zero-order chi connectivity index (χ0) is 14.5. The van der Waals surface area contributed by atoms with Crippen LogP contribution in [0, 0.1) is 0 Å². The maximum atomic E-state index is 12.0. The molecule has 0 spiro atoms. The van der Waals surface area contributed by atoms with E-state index in [0.717, 1.165) is 12.0 Å². The first-order chi connectivity index (χ1) is 9.58. The number of likely N-dealkylation sites (tertiary alicyclic amines) is 1. The van der Waals surface area contributed by atoms with Gasteiger partial charge < -0.3 is 10.0 Å². The number of amides is 1. The molecular formula is C14H16ClNO3S. The molecule has 1 atom stereocenters. The molecule has 0 aliphatic carbocycles. The lowest BCUT2D eigenvalue weighted by Crippen LogP contribution is -2.41. The minimum Gasteiger partial charge on any atom is -0.480 e. The van der Waals surface area contributed by atoms with Gasteiger partial charge in [-0.3, -0.25) is 4.79 Å². The van der Waals surface area contributed by atoms with Crippen LogP contribution < -0.4 is 0 Å². The number of halogens is 1. The molecule has 1 N–H and O–H groups in total. The minimum absolute atomic E-state index is 0.0954. The first-order valence-electron chi connectivity index (χ1n) is 6.42. The van der Waals surface area contributed by atoms with Crippen LogP contribution in [0.1, 0.15) is 18.4 Å². The third kappa shape index (κ3) is 3.90. The SMILES string of the molecule is O=C(O)C1CCCN1C(=O)CSCc1cccc(Cl)c1. The lowest BCUT2D eigenvalue weighted by Gasteiger charge is -2.21. The largest absolute Gasteiger partial charge is 0.480 e. The van der Waals surface area contributed by atoms with E-state index in [4.69, 9.17) is 16.7 Å². The second kappa shape index (κ2) is 6.99. The monoisotopic (exact) mass is 313 g/mol. The van der Waals surface area contributed by atoms with E-state index in [-0.39, 0.29) is 5.91 Å². The number of carbonyl (C=O) groups excluding carboxylic acids is 1. The maximum Gasteiger partial charge on any atom is 0.326 e. The molecule has 6 heteroatoms. The maximum absolute atomic E-state index is 12.0. The van der Waals surface area contributed by atoms with Gasteiger partial charge in [-0.25, -0.2) is 4.79 Å². The Bertz CT molecular complexity index is 509. The van der Waals surface area contributed by atoms with Gasteiger partial charge in [0.1, 0.15) is 6.04 Å². The molecule has 1 aliphatic rings. The summed E-state index contributed by atoms with van der Waals surface area (Å²) in [6.45, 7) is 0.549. The Kier molecular flexibility index (Phi) is 5.31. The molecule has 1 aromatic rings. The van der Waals surface area contributed by atoms with Crippen LogP contribution in [0.4, 0.5) is 0 Å². The number of hydrogen-bond acceptors (Lipinski definition) is 3. The summed E-state index contributed by atoms with van der Waals surface area (Å²) in [6, 6.07) is 6.87. The third-order valence-electron chi connectivity index (χ3n) is 3.24. The van der Waals surface area contributed by atoms with Gasteiger partial charge >= 0.3 is 5.97 Å². The van der Waals surface area contributed by atoms with Crippen molar-refractivity contribution >= 4 is 35.2 Å². The Balaban J connectivity index is 1.82. The molecule has 4 nitrogen and oxygen atoms in total. The summed E-state index contributed by atoms with van der Waals surface area (Å²) in [7, 11) is 0. The lowest BCUT2D eigenvalue weighted by molar-refractivity contribution is -0.147. The molecular weight excluding hydrogens is 298 g/mol. The first-order valence-corrected chi connectivity index (χ1v) is 7.95. The van der Waals surface area contributed by atoms with Crippen molar-refractivity contribution in [2.75, 3.05) is 12.3 Å². The van der Waals surface area contributed by atoms with Gasteiger partial charge in [0, 0.05) is 17.3 Å². The Hall–Kier alpha value is -1.20. The summed E-state index contributed by atoms with van der Waals surface area (Å²) in [4.78, 5) is 24.5. The predicted octanol–water partition coefficient (Wildman–Crippen LogP) is 2.65. The summed E-state index contributed by atoms with van der Waals surface area (Å²) in [5.74, 6) is -0.00799. The van der Waals surface area contributed by atoms with Crippen molar-refractivity contribution < 1.29 is 14.7 Å². The second-order valence-electron chi connectivity index (χ2n) is 4.71. The quantitative estimate of drug-likeness (QED) is 0.908. The van der Waals surface area contributed by atoms with Crippen molar-refractivity contribution in [2.24, 2.45) is 0 Å². The van der Waals surface area contributed by atoms with E-state index in [0.29, 0.717) is 29.5 Å². The molecule has 1 aromatic carbocycles. The Morgan fingerprint density at radius 2 is 2.25 bits per heavy atom. The smallest absolute Gasteiger partial charge is 0.326 e. The molecule has 1 saturated heterocycles. The highest BCUT2D eigenvalue weighted by atomic mass is 35.5. The molecule has 20 heavy (non-hydrogen) atoms. The molecule has 2 rings (SSSR count). The number of carbonyl (C=O) groups is 2. The van der Waals surface area contributed by atoms with Gasteiger partial charge in [-0.1, -0.05) is 23.7 Å². The molecule has 0 bridgehead atoms. The summed E-state index contributed by atoms with van der Waals surface area (Å²) >= 11 is 7.38. The molecule has 0 radical (unpaired) electrons. The van der Waals surface area contributed by atoms with Gasteiger partial charge in [-0.05, 0) is 30.5 Å². The molecule has 1 amide bonds. The van der Waals surface area contributed by atoms with E-state index in [1.165, 1.54) is 16.7 Å². The van der Waals surface area contributed by atoms with Crippen molar-refractivity contribution in [3.63, 3.8) is 0 Å². The number of carboxylic acid groups (broad SMARTS) is 1. The van der Waals surface area contributed by atoms with Crippen LogP contribution in [-0.2, 0) is 15.3 Å². The van der Waals surface area contributed by atoms with Crippen molar-refractivity contribution in [1.82, 2.24) is 4.90 Å². The van der Waals surface area contributed by atoms with Crippen LogP contribution in [0.2, 0.25) is 5.02 Å². The average Bonchev–Trinajstić information content (AvgIpc) is 2.88. The molecule has 1 heterocycles. The van der Waals surface area contributed by atoms with Gasteiger partial charge in [0.05, 0.1) is 5.75 Å². The standard InChI is InChI=1S/C14H16ClNO3S/c15-11-4-1-3-10(7-11)8-20-9-13(17)16-6-2-5-12(16)14(18)19/h1,3-4,7,12H,2,5-6,8-9H2,(H,18,19). The number of benzene rings is 1. The summed E-state index contributed by atoms with van der Waals surface area (Å²) in [6.07, 6.45) is 1.32. The van der Waals surface area contributed by atoms with Gasteiger partial charge in [0.25, 0.3) is 0 Å². The van der Waals surface area contributed by atoms with Crippen molar-refractivity contribution in [3.05, 3.63) is 34.9 Å². The van der Waals surface area contributed by atoms with E-state index in [1.807, 2.05) is 24.3 Å². The number of rotatable bonds is 5. The third-order valence-corrected chi connectivity index (χ3v) is 4.47. The summed E-state index contributed by atoms with van der Waals surface area (Å²) in [5, 5.41) is 9.73. The van der Waals surface area contributed by atoms with Gasteiger partial charge in [0.15, 0.2) is 0 Å². The highest BCUT2D eigenvalue weighted by molar-refractivity contribution is 7.99. The Morgan fingerprint density at radius 3 is 2.95 bits per heavy atom. The van der Waals surface area contributed by atoms with Crippen molar-refractivity contribution in [2.45, 2.75) is 24.6 Å². The van der Waals surface area contributed by atoms with Gasteiger partial charge in [-0.2, -0.15) is 0 Å². The zero-order valence-electron chi connectivity index (χ0n) is 10.9. The van der Waals surface area contributed by atoms with Crippen LogP contribution in [0.3, 0.4) is 0 Å². The van der Waals surface area contributed by atoms with Crippen molar-refractivity contribution in [3.8, 4) is 0 Å². The number of hydrogen-bond donors (Lipinski definition) is 1. The molecule has 0 aromatic heterocycles. The summed E-state index contributed by atoms with van der Waals surface area (Å²) < 4.78 is 0. The van der Waals surface area contributed by atoms with Gasteiger partial charge in [0.2, 0.25) is 5.91 Å². The lowest BCUT2D eigenvalue weighted by atomic mass is 10.2. The molecule has 1 aliphatic heterocycles. The minimum atomic E-state index is -0.907. The Labute approximate surface area is 127 Å². The second-order valence-corrected chi connectivity index (χ2v) is 6.13. The van der Waals surface area contributed by atoms with Crippen LogP contribution in [0.5, 0.6) is 0 Å². The van der Waals surface area contributed by atoms with E-state index in [9.17, 15) is 9.59 Å². The Morgan fingerprint density at radius 1 is 1.45 bits per heavy atom. The molecule has 1 unspecified atom stereocenters. The van der Waals surface area contributed by atoms with E-state index in [1.54, 1.807) is 0 Å². The number of nitrogens with zero attached hydrogens (tertiary/aromatic N) is 1. The average molecular weight is 314 g/mol. The number of carboxylic acids is 1. The predicted molar refractivity (Wildman–Crippen MR) is 80.0 cm³/mol. The zero-order valence-corrected chi connectivity index (χ0v) is 12.5.